The number of H-pyrrole nitrogens is 1. The van der Waals surface area contributed by atoms with E-state index >= 15 is 0 Å². The Kier molecular flexibility index (Phi) is 4.75. The molecule has 0 atom stereocenters. The number of nitriles is 1. The fraction of sp³-hybridized carbons (Fsp3) is 0.421. The molecular formula is C19H21N3O3. The van der Waals surface area contributed by atoms with E-state index in [9.17, 15) is 10.1 Å². The Morgan fingerprint density at radius 2 is 2.04 bits per heavy atom. The number of benzene rings is 1. The first-order valence-corrected chi connectivity index (χ1v) is 8.49. The van der Waals surface area contributed by atoms with E-state index in [2.05, 4.69) is 16.3 Å². The first kappa shape index (κ1) is 17.0. The van der Waals surface area contributed by atoms with Crippen molar-refractivity contribution in [2.24, 2.45) is 0 Å². The number of ether oxygens (including phenoxy) is 2. The minimum absolute atomic E-state index is 0.239. The predicted molar refractivity (Wildman–Crippen MR) is 91.8 cm³/mol. The molecular weight excluding hydrogens is 318 g/mol. The summed E-state index contributed by atoms with van der Waals surface area (Å²) in [6.07, 6.45) is 3.23. The molecule has 1 saturated carbocycles. The van der Waals surface area contributed by atoms with Crippen LogP contribution in [-0.4, -0.2) is 22.8 Å². The molecule has 25 heavy (non-hydrogen) atoms. The molecule has 1 heterocycles. The minimum atomic E-state index is -0.474. The molecule has 0 bridgehead atoms. The number of aromatic nitrogens is 2. The number of hydrogen-bond acceptors (Lipinski definition) is 5. The number of nitrogens with zero attached hydrogens (tertiary/aromatic N) is 2. The van der Waals surface area contributed by atoms with E-state index in [1.165, 1.54) is 0 Å². The van der Waals surface area contributed by atoms with Gasteiger partial charge in [-0.15, -0.1) is 0 Å². The van der Waals surface area contributed by atoms with Crippen LogP contribution in [0.4, 0.5) is 0 Å². The topological polar surface area (TPSA) is 88.0 Å². The van der Waals surface area contributed by atoms with Gasteiger partial charge in [-0.05, 0) is 56.9 Å². The van der Waals surface area contributed by atoms with E-state index in [1.807, 2.05) is 13.8 Å². The van der Waals surface area contributed by atoms with Gasteiger partial charge in [0.1, 0.15) is 11.4 Å². The van der Waals surface area contributed by atoms with Gasteiger partial charge < -0.3 is 9.47 Å². The predicted octanol–water partition coefficient (Wildman–Crippen LogP) is 4.13. The van der Waals surface area contributed by atoms with Gasteiger partial charge in [-0.1, -0.05) is 6.42 Å². The monoisotopic (exact) mass is 339 g/mol. The maximum Gasteiger partial charge on any atom is 0.360 e. The molecule has 6 heteroatoms. The first-order chi connectivity index (χ1) is 12.0. The highest BCUT2D eigenvalue weighted by Gasteiger charge is 2.31. The lowest BCUT2D eigenvalue weighted by Gasteiger charge is -2.24. The normalized spacial score (nSPS) is 13.8. The van der Waals surface area contributed by atoms with Crippen molar-refractivity contribution in [3.8, 4) is 17.6 Å². The van der Waals surface area contributed by atoms with Gasteiger partial charge in [-0.25, -0.2) is 4.79 Å². The van der Waals surface area contributed by atoms with Crippen LogP contribution in [0.25, 0.3) is 0 Å². The molecule has 0 unspecified atom stereocenters. The van der Waals surface area contributed by atoms with E-state index in [0.29, 0.717) is 23.0 Å². The van der Waals surface area contributed by atoms with Crippen molar-refractivity contribution < 1.29 is 14.3 Å². The SMILES string of the molecule is CCOC(=O)c1[nH]nc(C2CCC2)c1Oc1cc(C)c(C#N)c(C)c1. The van der Waals surface area contributed by atoms with E-state index < -0.39 is 5.97 Å². The molecule has 1 fully saturated rings. The number of carbonyl (C=O) groups is 1. The smallest absolute Gasteiger partial charge is 0.360 e. The highest BCUT2D eigenvalue weighted by Crippen LogP contribution is 2.42. The molecule has 3 rings (SSSR count). The highest BCUT2D eigenvalue weighted by molar-refractivity contribution is 5.91. The molecule has 6 nitrogen and oxygen atoms in total. The van der Waals surface area contributed by atoms with Gasteiger partial charge in [0.05, 0.1) is 18.2 Å². The van der Waals surface area contributed by atoms with Crippen molar-refractivity contribution in [1.82, 2.24) is 10.2 Å². The van der Waals surface area contributed by atoms with E-state index in [1.54, 1.807) is 19.1 Å². The summed E-state index contributed by atoms with van der Waals surface area (Å²) in [5.41, 5.74) is 3.33. The molecule has 0 saturated heterocycles. The molecule has 0 radical (unpaired) electrons. The summed E-state index contributed by atoms with van der Waals surface area (Å²) in [5, 5.41) is 16.3. The lowest BCUT2D eigenvalue weighted by Crippen LogP contribution is -2.11. The molecule has 2 aromatic rings. The number of nitrogens with one attached hydrogen (secondary N) is 1. The summed E-state index contributed by atoms with van der Waals surface area (Å²) in [6.45, 7) is 5.78. The standard InChI is InChI=1S/C19H21N3O3/c1-4-24-19(23)17-18(16(21-22-17)13-6-5-7-13)25-14-8-11(2)15(10-20)12(3)9-14/h8-9,13H,4-7H2,1-3H3,(H,21,22). The van der Waals surface area contributed by atoms with Gasteiger partial charge in [0.2, 0.25) is 0 Å². The third kappa shape index (κ3) is 3.22. The maximum atomic E-state index is 12.2. The second kappa shape index (κ2) is 6.98. The summed E-state index contributed by atoms with van der Waals surface area (Å²) in [7, 11) is 0. The molecule has 0 amide bonds. The molecule has 1 aliphatic carbocycles. The number of aryl methyl sites for hydroxylation is 2. The number of esters is 1. The highest BCUT2D eigenvalue weighted by atomic mass is 16.5. The van der Waals surface area contributed by atoms with Gasteiger partial charge in [0.25, 0.3) is 0 Å². The lowest BCUT2D eigenvalue weighted by molar-refractivity contribution is 0.0516. The average molecular weight is 339 g/mol. The third-order valence-corrected chi connectivity index (χ3v) is 4.56. The van der Waals surface area contributed by atoms with E-state index in [0.717, 1.165) is 36.1 Å². The van der Waals surface area contributed by atoms with Crippen LogP contribution in [0.1, 0.15) is 65.0 Å². The summed E-state index contributed by atoms with van der Waals surface area (Å²) in [5.74, 6) is 0.848. The van der Waals surface area contributed by atoms with Crippen molar-refractivity contribution in [2.45, 2.75) is 46.0 Å². The Labute approximate surface area is 146 Å². The fourth-order valence-corrected chi connectivity index (χ4v) is 3.03. The third-order valence-electron chi connectivity index (χ3n) is 4.56. The summed E-state index contributed by atoms with van der Waals surface area (Å²) in [6, 6.07) is 5.80. The Morgan fingerprint density at radius 1 is 1.36 bits per heavy atom. The van der Waals surface area contributed by atoms with E-state index in [-0.39, 0.29) is 12.3 Å². The van der Waals surface area contributed by atoms with Crippen molar-refractivity contribution in [3.63, 3.8) is 0 Å². The number of rotatable bonds is 5. The summed E-state index contributed by atoms with van der Waals surface area (Å²) >= 11 is 0. The Bertz CT molecular complexity index is 821. The molecule has 0 aliphatic heterocycles. The maximum absolute atomic E-state index is 12.2. The van der Waals surface area contributed by atoms with Crippen LogP contribution in [-0.2, 0) is 4.74 Å². The van der Waals surface area contributed by atoms with Crippen LogP contribution in [0.3, 0.4) is 0 Å². The van der Waals surface area contributed by atoms with Crippen LogP contribution in [0.15, 0.2) is 12.1 Å². The largest absolute Gasteiger partial charge is 0.461 e. The second-order valence-corrected chi connectivity index (χ2v) is 6.31. The molecule has 1 aromatic heterocycles. The first-order valence-electron chi connectivity index (χ1n) is 8.49. The Balaban J connectivity index is 1.99. The Morgan fingerprint density at radius 3 is 2.56 bits per heavy atom. The van der Waals surface area contributed by atoms with Crippen LogP contribution >= 0.6 is 0 Å². The zero-order chi connectivity index (χ0) is 18.0. The quantitative estimate of drug-likeness (QED) is 0.827. The average Bonchev–Trinajstić information content (AvgIpc) is 2.89. The van der Waals surface area contributed by atoms with Crippen LogP contribution < -0.4 is 4.74 Å². The molecule has 1 aromatic carbocycles. The zero-order valence-corrected chi connectivity index (χ0v) is 14.7. The summed E-state index contributed by atoms with van der Waals surface area (Å²) in [4.78, 5) is 12.2. The zero-order valence-electron chi connectivity index (χ0n) is 14.7. The van der Waals surface area contributed by atoms with Gasteiger partial charge in [0.15, 0.2) is 11.4 Å². The van der Waals surface area contributed by atoms with Crippen LogP contribution in [0.5, 0.6) is 11.5 Å². The van der Waals surface area contributed by atoms with Crippen molar-refractivity contribution in [1.29, 1.82) is 5.26 Å². The van der Waals surface area contributed by atoms with Crippen molar-refractivity contribution in [2.75, 3.05) is 6.61 Å². The van der Waals surface area contributed by atoms with Crippen molar-refractivity contribution in [3.05, 3.63) is 40.2 Å². The number of hydrogen-bond donors (Lipinski definition) is 1. The number of aromatic amines is 1. The summed E-state index contributed by atoms with van der Waals surface area (Å²) < 4.78 is 11.2. The number of carbonyl (C=O) groups excluding carboxylic acids is 1. The molecule has 130 valence electrons. The molecule has 1 aliphatic rings. The van der Waals surface area contributed by atoms with Gasteiger partial charge in [-0.2, -0.15) is 10.4 Å². The molecule has 1 N–H and O–H groups in total. The van der Waals surface area contributed by atoms with Crippen LogP contribution in [0.2, 0.25) is 0 Å². The fourth-order valence-electron chi connectivity index (χ4n) is 3.03. The second-order valence-electron chi connectivity index (χ2n) is 6.31. The van der Waals surface area contributed by atoms with Crippen LogP contribution in [0, 0.1) is 25.2 Å². The molecule has 0 spiro atoms. The van der Waals surface area contributed by atoms with Gasteiger partial charge in [-0.3, -0.25) is 5.10 Å². The van der Waals surface area contributed by atoms with Crippen molar-refractivity contribution >= 4 is 5.97 Å². The lowest BCUT2D eigenvalue weighted by atomic mass is 9.82. The Hall–Kier alpha value is -2.81. The van der Waals surface area contributed by atoms with E-state index in [4.69, 9.17) is 9.47 Å². The minimum Gasteiger partial charge on any atom is -0.461 e. The van der Waals surface area contributed by atoms with Gasteiger partial charge >= 0.3 is 5.97 Å². The van der Waals surface area contributed by atoms with Gasteiger partial charge in [0, 0.05) is 5.92 Å².